The van der Waals surface area contributed by atoms with E-state index in [1.54, 1.807) is 6.92 Å². The molecule has 0 saturated carbocycles. The molecule has 7 heteroatoms. The molecule has 0 aromatic carbocycles. The van der Waals surface area contributed by atoms with Gasteiger partial charge < -0.3 is 4.74 Å². The first-order chi connectivity index (χ1) is 6.21. The Morgan fingerprint density at radius 3 is 2.21 bits per heavy atom. The summed E-state index contributed by atoms with van der Waals surface area (Å²) < 4.78 is 35.4. The topological polar surface area (TPSA) is 83.9 Å². The molecule has 0 rings (SSSR count). The van der Waals surface area contributed by atoms with Crippen LogP contribution < -0.4 is 0 Å². The SMILES string of the molecule is CCN(C)C(C)(C(=O)OC)S(=O)(=O)O. The molecule has 84 valence electrons. The Balaban J connectivity index is 5.39. The van der Waals surface area contributed by atoms with Crippen molar-refractivity contribution in [1.29, 1.82) is 0 Å². The van der Waals surface area contributed by atoms with E-state index in [0.29, 0.717) is 0 Å². The smallest absolute Gasteiger partial charge is 0.344 e. The number of nitrogens with zero attached hydrogens (tertiary/aromatic N) is 1. The highest BCUT2D eigenvalue weighted by molar-refractivity contribution is 7.88. The Morgan fingerprint density at radius 2 is 2.00 bits per heavy atom. The van der Waals surface area contributed by atoms with Crippen molar-refractivity contribution in [3.05, 3.63) is 0 Å². The lowest BCUT2D eigenvalue weighted by Gasteiger charge is -2.31. The van der Waals surface area contributed by atoms with Gasteiger partial charge in [0.05, 0.1) is 7.11 Å². The predicted molar refractivity (Wildman–Crippen MR) is 50.3 cm³/mol. The van der Waals surface area contributed by atoms with Crippen LogP contribution in [-0.4, -0.2) is 49.4 Å². The summed E-state index contributed by atoms with van der Waals surface area (Å²) in [4.78, 5) is 10.4. The maximum absolute atomic E-state index is 11.3. The van der Waals surface area contributed by atoms with Crippen molar-refractivity contribution in [2.75, 3.05) is 20.7 Å². The molecule has 1 N–H and O–H groups in total. The molecule has 0 aromatic heterocycles. The highest BCUT2D eigenvalue weighted by atomic mass is 32.2. The zero-order valence-electron chi connectivity index (χ0n) is 8.64. The number of methoxy groups -OCH3 is 1. The van der Waals surface area contributed by atoms with E-state index in [2.05, 4.69) is 4.74 Å². The van der Waals surface area contributed by atoms with Gasteiger partial charge in [-0.2, -0.15) is 8.42 Å². The number of hydrogen-bond donors (Lipinski definition) is 1. The second kappa shape index (κ2) is 4.24. The Kier molecular flexibility index (Phi) is 4.04. The Labute approximate surface area is 83.6 Å². The third kappa shape index (κ3) is 2.05. The largest absolute Gasteiger partial charge is 0.467 e. The number of likely N-dealkylation sites (N-methyl/N-ethyl adjacent to an activating group) is 1. The molecule has 6 nitrogen and oxygen atoms in total. The Morgan fingerprint density at radius 1 is 1.57 bits per heavy atom. The van der Waals surface area contributed by atoms with E-state index in [0.717, 1.165) is 14.0 Å². The van der Waals surface area contributed by atoms with Gasteiger partial charge in [0.25, 0.3) is 10.1 Å². The van der Waals surface area contributed by atoms with Crippen LogP contribution in [0.15, 0.2) is 0 Å². The first-order valence-electron chi connectivity index (χ1n) is 3.98. The van der Waals surface area contributed by atoms with Crippen molar-refractivity contribution < 1.29 is 22.5 Å². The van der Waals surface area contributed by atoms with Crippen LogP contribution in [0.1, 0.15) is 13.8 Å². The quantitative estimate of drug-likeness (QED) is 0.523. The van der Waals surface area contributed by atoms with Crippen LogP contribution >= 0.6 is 0 Å². The molecule has 0 heterocycles. The van der Waals surface area contributed by atoms with Gasteiger partial charge in [0.1, 0.15) is 0 Å². The second-order valence-corrected chi connectivity index (χ2v) is 4.71. The number of carbonyl (C=O) groups is 1. The molecule has 0 saturated heterocycles. The fourth-order valence-corrected chi connectivity index (χ4v) is 1.77. The molecule has 1 atom stereocenters. The van der Waals surface area contributed by atoms with E-state index in [1.165, 1.54) is 11.9 Å². The van der Waals surface area contributed by atoms with Gasteiger partial charge in [0.15, 0.2) is 0 Å². The van der Waals surface area contributed by atoms with Crippen LogP contribution in [0, 0.1) is 0 Å². The number of rotatable bonds is 4. The van der Waals surface area contributed by atoms with Crippen LogP contribution in [0.2, 0.25) is 0 Å². The summed E-state index contributed by atoms with van der Waals surface area (Å²) in [6, 6.07) is 0. The summed E-state index contributed by atoms with van der Waals surface area (Å²) in [5.41, 5.74) is 0. The van der Waals surface area contributed by atoms with E-state index >= 15 is 0 Å². The monoisotopic (exact) mass is 225 g/mol. The normalized spacial score (nSPS) is 16.4. The summed E-state index contributed by atoms with van der Waals surface area (Å²) in [5.74, 6) is -1.01. The van der Waals surface area contributed by atoms with E-state index in [9.17, 15) is 13.2 Å². The lowest BCUT2D eigenvalue weighted by atomic mass is 10.3. The number of ether oxygens (including phenoxy) is 1. The molecule has 0 aliphatic rings. The number of esters is 1. The van der Waals surface area contributed by atoms with Crippen molar-refractivity contribution >= 4 is 16.1 Å². The molecule has 0 aliphatic carbocycles. The van der Waals surface area contributed by atoms with Crippen molar-refractivity contribution in [2.45, 2.75) is 18.7 Å². The zero-order valence-corrected chi connectivity index (χ0v) is 9.46. The van der Waals surface area contributed by atoms with Crippen LogP contribution in [0.4, 0.5) is 0 Å². The lowest BCUT2D eigenvalue weighted by molar-refractivity contribution is -0.148. The third-order valence-corrected chi connectivity index (χ3v) is 3.75. The predicted octanol–water partition coefficient (Wildman–Crippen LogP) is -0.285. The average molecular weight is 225 g/mol. The average Bonchev–Trinajstić information content (AvgIpc) is 2.12. The molecular weight excluding hydrogens is 210 g/mol. The lowest BCUT2D eigenvalue weighted by Crippen LogP contribution is -2.56. The summed E-state index contributed by atoms with van der Waals surface area (Å²) in [6.07, 6.45) is 0. The van der Waals surface area contributed by atoms with Crippen molar-refractivity contribution in [1.82, 2.24) is 4.90 Å². The Bertz CT molecular complexity index is 312. The van der Waals surface area contributed by atoms with E-state index < -0.39 is 21.0 Å². The zero-order chi connectivity index (χ0) is 11.6. The fraction of sp³-hybridized carbons (Fsp3) is 0.857. The molecule has 1 unspecified atom stereocenters. The van der Waals surface area contributed by atoms with Gasteiger partial charge in [-0.15, -0.1) is 0 Å². The standard InChI is InChI=1S/C7H15NO5S/c1-5-8(3)7(2,6(9)13-4)14(10,11)12/h5H2,1-4H3,(H,10,11,12). The molecule has 0 fully saturated rings. The van der Waals surface area contributed by atoms with Gasteiger partial charge in [-0.3, -0.25) is 9.45 Å². The van der Waals surface area contributed by atoms with Gasteiger partial charge in [-0.25, -0.2) is 4.79 Å². The van der Waals surface area contributed by atoms with Gasteiger partial charge in [0.2, 0.25) is 4.87 Å². The maximum Gasteiger partial charge on any atom is 0.344 e. The molecule has 0 amide bonds. The van der Waals surface area contributed by atoms with Crippen molar-refractivity contribution in [2.24, 2.45) is 0 Å². The van der Waals surface area contributed by atoms with Gasteiger partial charge in [0, 0.05) is 0 Å². The fourth-order valence-electron chi connectivity index (χ4n) is 0.949. The van der Waals surface area contributed by atoms with Gasteiger partial charge >= 0.3 is 5.97 Å². The molecule has 0 radical (unpaired) electrons. The number of hydrogen-bond acceptors (Lipinski definition) is 5. The van der Waals surface area contributed by atoms with Gasteiger partial charge in [-0.05, 0) is 20.5 Å². The van der Waals surface area contributed by atoms with E-state index in [-0.39, 0.29) is 6.54 Å². The highest BCUT2D eigenvalue weighted by Gasteiger charge is 2.50. The minimum absolute atomic E-state index is 0.283. The third-order valence-electron chi connectivity index (χ3n) is 2.27. The minimum Gasteiger partial charge on any atom is -0.467 e. The molecule has 0 bridgehead atoms. The van der Waals surface area contributed by atoms with E-state index in [1.807, 2.05) is 0 Å². The van der Waals surface area contributed by atoms with E-state index in [4.69, 9.17) is 4.55 Å². The Hall–Kier alpha value is -0.660. The van der Waals surface area contributed by atoms with Crippen LogP contribution in [0.3, 0.4) is 0 Å². The minimum atomic E-state index is -4.54. The number of carbonyl (C=O) groups excluding carboxylic acids is 1. The molecule has 0 aliphatic heterocycles. The van der Waals surface area contributed by atoms with Gasteiger partial charge in [-0.1, -0.05) is 6.92 Å². The highest BCUT2D eigenvalue weighted by Crippen LogP contribution is 2.21. The molecule has 0 aromatic rings. The first-order valence-corrected chi connectivity index (χ1v) is 5.42. The maximum atomic E-state index is 11.3. The summed E-state index contributed by atoms with van der Waals surface area (Å²) in [7, 11) is -2.06. The van der Waals surface area contributed by atoms with Crippen molar-refractivity contribution in [3.63, 3.8) is 0 Å². The first kappa shape index (κ1) is 13.3. The van der Waals surface area contributed by atoms with Crippen LogP contribution in [-0.2, 0) is 19.6 Å². The summed E-state index contributed by atoms with van der Waals surface area (Å²) >= 11 is 0. The van der Waals surface area contributed by atoms with Crippen LogP contribution in [0.25, 0.3) is 0 Å². The summed E-state index contributed by atoms with van der Waals surface area (Å²) in [6.45, 7) is 3.04. The second-order valence-electron chi connectivity index (χ2n) is 2.96. The van der Waals surface area contributed by atoms with Crippen LogP contribution in [0.5, 0.6) is 0 Å². The summed E-state index contributed by atoms with van der Waals surface area (Å²) in [5, 5.41) is 0. The molecule has 0 spiro atoms. The van der Waals surface area contributed by atoms with Crippen molar-refractivity contribution in [3.8, 4) is 0 Å². The molecular formula is C7H15NO5S. The molecule has 14 heavy (non-hydrogen) atoms.